The quantitative estimate of drug-likeness (QED) is 0.743. The van der Waals surface area contributed by atoms with Crippen LogP contribution >= 0.6 is 0 Å². The van der Waals surface area contributed by atoms with Crippen molar-refractivity contribution in [3.05, 3.63) is 0 Å². The van der Waals surface area contributed by atoms with Gasteiger partial charge in [0, 0.05) is 6.04 Å². The number of carbonyl (C=O) groups excluding carboxylic acids is 1. The second-order valence-corrected chi connectivity index (χ2v) is 7.71. The zero-order chi connectivity index (χ0) is 16.6. The fraction of sp³-hybridized carbons (Fsp3) is 0.875. The maximum atomic E-state index is 11.9. The second-order valence-electron chi connectivity index (χ2n) is 7.71. The van der Waals surface area contributed by atoms with Gasteiger partial charge in [-0.25, -0.2) is 4.79 Å². The van der Waals surface area contributed by atoms with Crippen LogP contribution in [0.2, 0.25) is 0 Å². The van der Waals surface area contributed by atoms with E-state index >= 15 is 0 Å². The van der Waals surface area contributed by atoms with Crippen molar-refractivity contribution in [2.24, 2.45) is 5.41 Å². The maximum Gasteiger partial charge on any atom is 0.407 e. The minimum absolute atomic E-state index is 0.262. The molecule has 0 aliphatic heterocycles. The zero-order valence-corrected chi connectivity index (χ0v) is 13.6. The van der Waals surface area contributed by atoms with Gasteiger partial charge in [0.2, 0.25) is 0 Å². The van der Waals surface area contributed by atoms with Crippen LogP contribution in [-0.2, 0) is 9.53 Å². The topological polar surface area (TPSA) is 95.9 Å². The standard InChI is InChI=1S/C16H27NO5/c1-14(2,3)22-13(20)17-11-6-9-15(10-11,12(18)19)16(21)7-4-5-8-16/h11,21H,4-10H2,1-3H3,(H,17,20)(H,18,19)/t11-,15-/m1/s1. The number of hydrogen-bond acceptors (Lipinski definition) is 4. The maximum absolute atomic E-state index is 11.9. The third-order valence-corrected chi connectivity index (χ3v) is 4.97. The molecule has 2 fully saturated rings. The summed E-state index contributed by atoms with van der Waals surface area (Å²) in [4.78, 5) is 23.7. The van der Waals surface area contributed by atoms with E-state index in [4.69, 9.17) is 4.74 Å². The number of amides is 1. The Kier molecular flexibility index (Phi) is 4.44. The van der Waals surface area contributed by atoms with Crippen molar-refractivity contribution in [3.63, 3.8) is 0 Å². The zero-order valence-electron chi connectivity index (χ0n) is 13.6. The molecule has 1 amide bonds. The summed E-state index contributed by atoms with van der Waals surface area (Å²) in [6.07, 6.45) is 3.44. The molecule has 22 heavy (non-hydrogen) atoms. The summed E-state index contributed by atoms with van der Waals surface area (Å²) in [6, 6.07) is -0.268. The Morgan fingerprint density at radius 1 is 1.18 bits per heavy atom. The first-order valence-corrected chi connectivity index (χ1v) is 8.03. The number of alkyl carbamates (subject to hydrolysis) is 1. The molecular weight excluding hydrogens is 286 g/mol. The van der Waals surface area contributed by atoms with Gasteiger partial charge in [0.15, 0.2) is 0 Å². The number of carbonyl (C=O) groups is 2. The first-order chi connectivity index (χ1) is 10.1. The summed E-state index contributed by atoms with van der Waals surface area (Å²) < 4.78 is 5.22. The summed E-state index contributed by atoms with van der Waals surface area (Å²) in [7, 11) is 0. The minimum atomic E-state index is -1.15. The molecule has 0 spiro atoms. The SMILES string of the molecule is CC(C)(C)OC(=O)N[C@@H]1CC[C@@](C(=O)O)(C2(O)CCCC2)C1. The van der Waals surface area contributed by atoms with Crippen molar-refractivity contribution < 1.29 is 24.5 Å². The minimum Gasteiger partial charge on any atom is -0.481 e. The van der Waals surface area contributed by atoms with Crippen LogP contribution in [0.4, 0.5) is 4.79 Å². The van der Waals surface area contributed by atoms with Crippen LogP contribution in [-0.4, -0.2) is 39.5 Å². The predicted molar refractivity (Wildman–Crippen MR) is 80.5 cm³/mol. The highest BCUT2D eigenvalue weighted by Crippen LogP contribution is 2.53. The van der Waals surface area contributed by atoms with Crippen LogP contribution in [0.15, 0.2) is 0 Å². The number of nitrogens with one attached hydrogen (secondary N) is 1. The summed E-state index contributed by atoms with van der Waals surface area (Å²) in [6.45, 7) is 5.35. The molecule has 0 radical (unpaired) electrons. The molecule has 6 heteroatoms. The molecule has 2 aliphatic rings. The van der Waals surface area contributed by atoms with Crippen LogP contribution in [0.3, 0.4) is 0 Å². The smallest absolute Gasteiger partial charge is 0.407 e. The lowest BCUT2D eigenvalue weighted by molar-refractivity contribution is -0.168. The third kappa shape index (κ3) is 3.21. The van der Waals surface area contributed by atoms with Crippen molar-refractivity contribution in [1.82, 2.24) is 5.32 Å². The van der Waals surface area contributed by atoms with Gasteiger partial charge in [0.25, 0.3) is 0 Å². The molecule has 2 saturated carbocycles. The van der Waals surface area contributed by atoms with Gasteiger partial charge in [-0.15, -0.1) is 0 Å². The van der Waals surface area contributed by atoms with Gasteiger partial charge in [0.1, 0.15) is 5.60 Å². The lowest BCUT2D eigenvalue weighted by Crippen LogP contribution is -2.51. The van der Waals surface area contributed by atoms with E-state index in [-0.39, 0.29) is 12.5 Å². The number of carboxylic acid groups (broad SMARTS) is 1. The van der Waals surface area contributed by atoms with Crippen molar-refractivity contribution in [2.45, 2.75) is 83.0 Å². The summed E-state index contributed by atoms with van der Waals surface area (Å²) in [5.74, 6) is -0.953. The van der Waals surface area contributed by atoms with Crippen LogP contribution in [0, 0.1) is 5.41 Å². The number of aliphatic carboxylic acids is 1. The molecule has 2 atom stereocenters. The Morgan fingerprint density at radius 3 is 2.27 bits per heavy atom. The van der Waals surface area contributed by atoms with E-state index in [1.165, 1.54) is 0 Å². The number of rotatable bonds is 3. The molecule has 2 rings (SSSR count). The van der Waals surface area contributed by atoms with Gasteiger partial charge < -0.3 is 20.3 Å². The lowest BCUT2D eigenvalue weighted by Gasteiger charge is -2.39. The second kappa shape index (κ2) is 5.72. The van der Waals surface area contributed by atoms with E-state index in [1.807, 2.05) is 0 Å². The number of aliphatic hydroxyl groups is 1. The third-order valence-electron chi connectivity index (χ3n) is 4.97. The normalized spacial score (nSPS) is 31.0. The highest BCUT2D eigenvalue weighted by atomic mass is 16.6. The van der Waals surface area contributed by atoms with Crippen LogP contribution in [0.1, 0.15) is 65.7 Å². The molecular formula is C16H27NO5. The van der Waals surface area contributed by atoms with Crippen molar-refractivity contribution >= 4 is 12.1 Å². The fourth-order valence-electron chi connectivity index (χ4n) is 3.90. The summed E-state index contributed by atoms with van der Waals surface area (Å²) in [5.41, 5.74) is -2.89. The van der Waals surface area contributed by atoms with E-state index in [0.29, 0.717) is 25.7 Å². The molecule has 126 valence electrons. The average molecular weight is 313 g/mol. The highest BCUT2D eigenvalue weighted by molar-refractivity contribution is 5.77. The molecule has 0 saturated heterocycles. The Balaban J connectivity index is 2.05. The monoisotopic (exact) mass is 313 g/mol. The van der Waals surface area contributed by atoms with Gasteiger partial charge in [-0.1, -0.05) is 12.8 Å². The first kappa shape index (κ1) is 17.1. The van der Waals surface area contributed by atoms with E-state index in [9.17, 15) is 19.8 Å². The van der Waals surface area contributed by atoms with Crippen LogP contribution in [0.5, 0.6) is 0 Å². The van der Waals surface area contributed by atoms with Gasteiger partial charge in [-0.3, -0.25) is 4.79 Å². The summed E-state index contributed by atoms with van der Waals surface area (Å²) in [5, 5.41) is 23.3. The van der Waals surface area contributed by atoms with E-state index in [1.54, 1.807) is 20.8 Å². The molecule has 0 aromatic heterocycles. The number of hydrogen-bond donors (Lipinski definition) is 3. The summed E-state index contributed by atoms with van der Waals surface area (Å²) >= 11 is 0. The highest BCUT2D eigenvalue weighted by Gasteiger charge is 2.60. The van der Waals surface area contributed by atoms with Crippen molar-refractivity contribution in [2.75, 3.05) is 0 Å². The first-order valence-electron chi connectivity index (χ1n) is 8.03. The Labute approximate surface area is 131 Å². The molecule has 6 nitrogen and oxygen atoms in total. The Hall–Kier alpha value is -1.30. The lowest BCUT2D eigenvalue weighted by atomic mass is 9.69. The van der Waals surface area contributed by atoms with Crippen LogP contribution in [0.25, 0.3) is 0 Å². The molecule has 2 aliphatic carbocycles. The Morgan fingerprint density at radius 2 is 1.77 bits per heavy atom. The molecule has 0 bridgehead atoms. The molecule has 0 aromatic rings. The average Bonchev–Trinajstić information content (AvgIpc) is 2.95. The van der Waals surface area contributed by atoms with E-state index < -0.39 is 28.7 Å². The van der Waals surface area contributed by atoms with E-state index in [0.717, 1.165) is 12.8 Å². The van der Waals surface area contributed by atoms with Crippen molar-refractivity contribution in [3.8, 4) is 0 Å². The Bertz CT molecular complexity index is 450. The van der Waals surface area contributed by atoms with E-state index in [2.05, 4.69) is 5.32 Å². The molecule has 0 heterocycles. The largest absolute Gasteiger partial charge is 0.481 e. The molecule has 0 unspecified atom stereocenters. The number of carboxylic acids is 1. The van der Waals surface area contributed by atoms with Gasteiger partial charge in [-0.05, 0) is 52.9 Å². The van der Waals surface area contributed by atoms with Crippen molar-refractivity contribution in [1.29, 1.82) is 0 Å². The molecule has 3 N–H and O–H groups in total. The van der Waals surface area contributed by atoms with Crippen LogP contribution < -0.4 is 5.32 Å². The predicted octanol–water partition coefficient (Wildman–Crippen LogP) is 2.44. The van der Waals surface area contributed by atoms with Gasteiger partial charge in [0.05, 0.1) is 11.0 Å². The van der Waals surface area contributed by atoms with Gasteiger partial charge >= 0.3 is 12.1 Å². The number of ether oxygens (including phenoxy) is 1. The molecule has 0 aromatic carbocycles. The van der Waals surface area contributed by atoms with Gasteiger partial charge in [-0.2, -0.15) is 0 Å². The fourth-order valence-corrected chi connectivity index (χ4v) is 3.90.